The van der Waals surface area contributed by atoms with E-state index in [1.165, 1.54) is 54.9 Å². The van der Waals surface area contributed by atoms with Crippen LogP contribution in [0.15, 0.2) is 54.7 Å². The molecular formula is C27H31NO3S. The number of hydrogen-bond donors (Lipinski definition) is 1. The Kier molecular flexibility index (Phi) is 7.72. The Morgan fingerprint density at radius 3 is 2.66 bits per heavy atom. The number of hydrogen-bond acceptors (Lipinski definition) is 4. The smallest absolute Gasteiger partial charge is 0.336 e. The van der Waals surface area contributed by atoms with Crippen molar-refractivity contribution in [2.24, 2.45) is 5.92 Å². The number of benzene rings is 2. The van der Waals surface area contributed by atoms with Crippen LogP contribution in [0.1, 0.15) is 77.4 Å². The Morgan fingerprint density at radius 1 is 1.12 bits per heavy atom. The summed E-state index contributed by atoms with van der Waals surface area (Å²) < 4.78 is 10.7. The van der Waals surface area contributed by atoms with Crippen LogP contribution in [0.5, 0.6) is 0 Å². The van der Waals surface area contributed by atoms with E-state index >= 15 is 0 Å². The number of nitrogens with zero attached hydrogens (tertiary/aromatic N) is 1. The van der Waals surface area contributed by atoms with Crippen LogP contribution in [0.25, 0.3) is 11.1 Å². The first-order valence-electron chi connectivity index (χ1n) is 11.6. The highest BCUT2D eigenvalue weighted by Gasteiger charge is 2.20. The van der Waals surface area contributed by atoms with Gasteiger partial charge in [0, 0.05) is 6.20 Å². The quantitative estimate of drug-likeness (QED) is 0.369. The van der Waals surface area contributed by atoms with Gasteiger partial charge in [0.15, 0.2) is 0 Å². The molecule has 0 saturated heterocycles. The van der Waals surface area contributed by atoms with Crippen molar-refractivity contribution in [1.82, 2.24) is 4.37 Å². The zero-order chi connectivity index (χ0) is 22.3. The van der Waals surface area contributed by atoms with E-state index < -0.39 is 5.97 Å². The van der Waals surface area contributed by atoms with Crippen LogP contribution in [0.4, 0.5) is 0 Å². The maximum Gasteiger partial charge on any atom is 0.336 e. The van der Waals surface area contributed by atoms with Crippen molar-refractivity contribution in [3.63, 3.8) is 0 Å². The molecule has 1 unspecified atom stereocenters. The third-order valence-electron chi connectivity index (χ3n) is 6.54. The molecule has 5 heteroatoms. The van der Waals surface area contributed by atoms with Crippen molar-refractivity contribution in [3.05, 3.63) is 76.3 Å². The first kappa shape index (κ1) is 22.7. The van der Waals surface area contributed by atoms with Gasteiger partial charge in [0.2, 0.25) is 0 Å². The van der Waals surface area contributed by atoms with E-state index in [-0.39, 0.29) is 6.10 Å². The number of ether oxygens (including phenoxy) is 1. The zero-order valence-corrected chi connectivity index (χ0v) is 19.4. The lowest BCUT2D eigenvalue weighted by Crippen LogP contribution is -2.10. The van der Waals surface area contributed by atoms with E-state index in [4.69, 9.17) is 4.74 Å². The predicted molar refractivity (Wildman–Crippen MR) is 129 cm³/mol. The molecular weight excluding hydrogens is 418 g/mol. The second-order valence-corrected chi connectivity index (χ2v) is 9.66. The average molecular weight is 450 g/mol. The fourth-order valence-corrected chi connectivity index (χ4v) is 5.39. The highest BCUT2D eigenvalue weighted by molar-refractivity contribution is 7.05. The second-order valence-electron chi connectivity index (χ2n) is 8.80. The van der Waals surface area contributed by atoms with Gasteiger partial charge in [-0.25, -0.2) is 9.17 Å². The van der Waals surface area contributed by atoms with Crippen molar-refractivity contribution < 1.29 is 14.6 Å². The van der Waals surface area contributed by atoms with Crippen LogP contribution >= 0.6 is 11.5 Å². The maximum absolute atomic E-state index is 11.8. The van der Waals surface area contributed by atoms with Gasteiger partial charge in [0.25, 0.3) is 0 Å². The molecule has 1 aliphatic rings. The predicted octanol–water partition coefficient (Wildman–Crippen LogP) is 7.44. The number of carbonyl (C=O) groups is 1. The van der Waals surface area contributed by atoms with Gasteiger partial charge in [-0.1, -0.05) is 62.4 Å². The molecule has 4 nitrogen and oxygen atoms in total. The highest BCUT2D eigenvalue weighted by Crippen LogP contribution is 2.34. The molecule has 1 saturated carbocycles. The first-order chi connectivity index (χ1) is 15.6. The standard InChI is InChI=1S/C27H31NO3S/c1-19-7-5-6-10-22(19)24-17-21(11-13-23(24)27(29)30)18-31-25(26-15-16-28-32-26)14-12-20-8-3-2-4-9-20/h5-7,10-11,13,15-17,20,25H,2-4,8-9,12,14,18H2,1H3,(H,29,30). The Labute approximate surface area is 194 Å². The Hall–Kier alpha value is -2.50. The van der Waals surface area contributed by atoms with E-state index in [0.717, 1.165) is 34.6 Å². The van der Waals surface area contributed by atoms with Crippen molar-refractivity contribution in [2.45, 2.75) is 64.6 Å². The minimum Gasteiger partial charge on any atom is -0.478 e. The van der Waals surface area contributed by atoms with Gasteiger partial charge >= 0.3 is 5.97 Å². The lowest BCUT2D eigenvalue weighted by Gasteiger charge is -2.24. The Bertz CT molecular complexity index is 1030. The van der Waals surface area contributed by atoms with Crippen molar-refractivity contribution in [1.29, 1.82) is 0 Å². The molecule has 1 N–H and O–H groups in total. The van der Waals surface area contributed by atoms with Gasteiger partial charge in [0.1, 0.15) is 0 Å². The molecule has 0 bridgehead atoms. The van der Waals surface area contributed by atoms with Gasteiger partial charge in [-0.2, -0.15) is 0 Å². The van der Waals surface area contributed by atoms with Gasteiger partial charge < -0.3 is 9.84 Å². The van der Waals surface area contributed by atoms with Crippen molar-refractivity contribution >= 4 is 17.5 Å². The number of aromatic nitrogens is 1. The third kappa shape index (κ3) is 5.64. The number of carboxylic acids is 1. The van der Waals surface area contributed by atoms with Gasteiger partial charge in [0.05, 0.1) is 23.2 Å². The summed E-state index contributed by atoms with van der Waals surface area (Å²) in [6.45, 7) is 2.46. The summed E-state index contributed by atoms with van der Waals surface area (Å²) in [6, 6.07) is 15.5. The molecule has 0 spiro atoms. The lowest BCUT2D eigenvalue weighted by atomic mass is 9.85. The first-order valence-corrected chi connectivity index (χ1v) is 12.3. The average Bonchev–Trinajstić information content (AvgIpc) is 3.35. The van der Waals surface area contributed by atoms with Crippen molar-refractivity contribution in [2.75, 3.05) is 0 Å². The molecule has 1 aliphatic carbocycles. The molecule has 4 rings (SSSR count). The topological polar surface area (TPSA) is 59.4 Å². The summed E-state index contributed by atoms with van der Waals surface area (Å²) in [5.41, 5.74) is 4.05. The molecule has 2 aromatic carbocycles. The van der Waals surface area contributed by atoms with Gasteiger partial charge in [-0.3, -0.25) is 0 Å². The molecule has 1 fully saturated rings. The van der Waals surface area contributed by atoms with Crippen LogP contribution in [0.3, 0.4) is 0 Å². The summed E-state index contributed by atoms with van der Waals surface area (Å²) in [7, 11) is 0. The monoisotopic (exact) mass is 449 g/mol. The van der Waals surface area contributed by atoms with E-state index in [1.807, 2.05) is 49.5 Å². The molecule has 0 aliphatic heterocycles. The number of carboxylic acid groups (broad SMARTS) is 1. The fourth-order valence-electron chi connectivity index (χ4n) is 4.72. The Balaban J connectivity index is 1.51. The van der Waals surface area contributed by atoms with Crippen molar-refractivity contribution in [3.8, 4) is 11.1 Å². The number of rotatable bonds is 9. The molecule has 168 valence electrons. The Morgan fingerprint density at radius 2 is 1.94 bits per heavy atom. The number of aryl methyl sites for hydroxylation is 1. The molecule has 1 atom stereocenters. The lowest BCUT2D eigenvalue weighted by molar-refractivity contribution is 0.0307. The summed E-state index contributed by atoms with van der Waals surface area (Å²) in [4.78, 5) is 13.0. The third-order valence-corrected chi connectivity index (χ3v) is 7.37. The SMILES string of the molecule is Cc1ccccc1-c1cc(COC(CCC2CCCCC2)c2ccns2)ccc1C(=O)O. The second kappa shape index (κ2) is 10.9. The van der Waals surface area contributed by atoms with Crippen LogP contribution in [0.2, 0.25) is 0 Å². The molecule has 0 amide bonds. The largest absolute Gasteiger partial charge is 0.478 e. The van der Waals surface area contributed by atoms with Gasteiger partial charge in [-0.15, -0.1) is 0 Å². The summed E-state index contributed by atoms with van der Waals surface area (Å²) in [5.74, 6) is -0.101. The van der Waals surface area contributed by atoms with Crippen LogP contribution < -0.4 is 0 Å². The minimum atomic E-state index is -0.911. The van der Waals surface area contributed by atoms with Gasteiger partial charge in [-0.05, 0) is 77.7 Å². The maximum atomic E-state index is 11.8. The summed E-state index contributed by atoms with van der Waals surface area (Å²) >= 11 is 1.51. The summed E-state index contributed by atoms with van der Waals surface area (Å²) in [6.07, 6.45) is 10.8. The molecule has 3 aromatic rings. The van der Waals surface area contributed by atoms with E-state index in [9.17, 15) is 9.90 Å². The highest BCUT2D eigenvalue weighted by atomic mass is 32.1. The molecule has 32 heavy (non-hydrogen) atoms. The summed E-state index contributed by atoms with van der Waals surface area (Å²) in [5, 5.41) is 9.71. The van der Waals surface area contributed by atoms with Crippen LogP contribution in [0, 0.1) is 12.8 Å². The van der Waals surface area contributed by atoms with Crippen LogP contribution in [-0.2, 0) is 11.3 Å². The van der Waals surface area contributed by atoms with E-state index in [0.29, 0.717) is 12.2 Å². The fraction of sp³-hybridized carbons (Fsp3) is 0.407. The van der Waals surface area contributed by atoms with E-state index in [2.05, 4.69) is 10.4 Å². The van der Waals surface area contributed by atoms with E-state index in [1.54, 1.807) is 6.07 Å². The zero-order valence-electron chi connectivity index (χ0n) is 18.6. The number of aromatic carboxylic acids is 1. The van der Waals surface area contributed by atoms with Crippen LogP contribution in [-0.4, -0.2) is 15.4 Å². The normalized spacial score (nSPS) is 15.5. The molecule has 1 aromatic heterocycles. The minimum absolute atomic E-state index is 0.0329. The molecule has 0 radical (unpaired) electrons. The molecule has 1 heterocycles.